The molecule has 1 heterocycles. The van der Waals surface area contributed by atoms with Crippen molar-refractivity contribution in [3.05, 3.63) is 0 Å². The summed E-state index contributed by atoms with van der Waals surface area (Å²) in [5, 5.41) is 8.58. The Morgan fingerprint density at radius 2 is 2.12 bits per heavy atom. The Kier molecular flexibility index (Phi) is 6.37. The fourth-order valence-electron chi connectivity index (χ4n) is 1.84. The maximum Gasteiger partial charge on any atom is 0.303 e. The first-order valence-corrected chi connectivity index (χ1v) is 5.73. The maximum absolute atomic E-state index is 10.4. The highest BCUT2D eigenvalue weighted by atomic mass is 16.5. The molecule has 0 atom stereocenters. The summed E-state index contributed by atoms with van der Waals surface area (Å²) in [5.41, 5.74) is 0. The van der Waals surface area contributed by atoms with Crippen molar-refractivity contribution < 1.29 is 19.4 Å². The average molecular weight is 231 g/mol. The number of nitrogens with zero attached hydrogens (tertiary/aromatic N) is 1. The topological polar surface area (TPSA) is 59.0 Å². The van der Waals surface area contributed by atoms with Gasteiger partial charge in [-0.25, -0.2) is 0 Å². The van der Waals surface area contributed by atoms with Crippen molar-refractivity contribution in [3.8, 4) is 0 Å². The number of carbonyl (C=O) groups is 1. The first-order chi connectivity index (χ1) is 7.72. The zero-order valence-corrected chi connectivity index (χ0v) is 9.85. The number of carboxylic acid groups (broad SMARTS) is 1. The van der Waals surface area contributed by atoms with Gasteiger partial charge in [0.05, 0.1) is 13.0 Å². The zero-order valence-electron chi connectivity index (χ0n) is 9.85. The van der Waals surface area contributed by atoms with Crippen molar-refractivity contribution in [2.24, 2.45) is 5.92 Å². The molecule has 0 amide bonds. The zero-order chi connectivity index (χ0) is 11.8. The molecule has 0 aromatic carbocycles. The third-order valence-corrected chi connectivity index (χ3v) is 2.69. The molecule has 0 aliphatic carbocycles. The number of carboxylic acids is 1. The Labute approximate surface area is 96.3 Å². The van der Waals surface area contributed by atoms with Crippen LogP contribution in [0, 0.1) is 5.92 Å². The molecule has 16 heavy (non-hydrogen) atoms. The van der Waals surface area contributed by atoms with Crippen molar-refractivity contribution in [1.82, 2.24) is 4.90 Å². The van der Waals surface area contributed by atoms with Crippen LogP contribution in [-0.4, -0.2) is 62.5 Å². The Morgan fingerprint density at radius 1 is 1.38 bits per heavy atom. The van der Waals surface area contributed by atoms with Gasteiger partial charge in [0, 0.05) is 40.0 Å². The minimum atomic E-state index is -0.694. The molecule has 1 rings (SSSR count). The lowest BCUT2D eigenvalue weighted by molar-refractivity contribution is -0.139. The van der Waals surface area contributed by atoms with E-state index in [4.69, 9.17) is 14.6 Å². The van der Waals surface area contributed by atoms with Crippen molar-refractivity contribution in [2.75, 3.05) is 46.6 Å². The number of aliphatic carboxylic acids is 1. The second-order valence-electron chi connectivity index (χ2n) is 4.18. The predicted octanol–water partition coefficient (Wildman–Crippen LogP) is 0.446. The minimum absolute atomic E-state index is 0.297. The van der Waals surface area contributed by atoms with E-state index in [9.17, 15) is 4.79 Å². The molecule has 0 radical (unpaired) electrons. The highest BCUT2D eigenvalue weighted by Gasteiger charge is 2.27. The molecule has 5 nitrogen and oxygen atoms in total. The smallest absolute Gasteiger partial charge is 0.303 e. The van der Waals surface area contributed by atoms with E-state index in [2.05, 4.69) is 4.90 Å². The van der Waals surface area contributed by atoms with E-state index in [-0.39, 0.29) is 0 Å². The number of hydrogen-bond donors (Lipinski definition) is 1. The summed E-state index contributed by atoms with van der Waals surface area (Å²) in [6.07, 6.45) is 1.23. The van der Waals surface area contributed by atoms with Crippen LogP contribution in [0.2, 0.25) is 0 Å². The highest BCUT2D eigenvalue weighted by Crippen LogP contribution is 2.18. The normalized spacial score (nSPS) is 17.3. The van der Waals surface area contributed by atoms with Gasteiger partial charge in [-0.05, 0) is 12.3 Å². The number of hydrogen-bond acceptors (Lipinski definition) is 4. The molecule has 0 spiro atoms. The predicted molar refractivity (Wildman–Crippen MR) is 59.5 cm³/mol. The van der Waals surface area contributed by atoms with Gasteiger partial charge in [0.1, 0.15) is 0 Å². The fraction of sp³-hybridized carbons (Fsp3) is 0.909. The Morgan fingerprint density at radius 3 is 2.75 bits per heavy atom. The van der Waals surface area contributed by atoms with E-state index in [1.807, 2.05) is 0 Å². The van der Waals surface area contributed by atoms with Gasteiger partial charge in [0.25, 0.3) is 0 Å². The van der Waals surface area contributed by atoms with Crippen LogP contribution in [0.5, 0.6) is 0 Å². The second kappa shape index (κ2) is 7.60. The molecule has 5 heteroatoms. The van der Waals surface area contributed by atoms with Gasteiger partial charge < -0.3 is 19.5 Å². The Balaban J connectivity index is 1.84. The van der Waals surface area contributed by atoms with Crippen LogP contribution < -0.4 is 0 Å². The van der Waals surface area contributed by atoms with Crippen molar-refractivity contribution in [2.45, 2.75) is 12.8 Å². The molecule has 0 unspecified atom stereocenters. The number of ether oxygens (including phenoxy) is 2. The Bertz CT molecular complexity index is 204. The fourth-order valence-corrected chi connectivity index (χ4v) is 1.84. The van der Waals surface area contributed by atoms with Crippen LogP contribution in [-0.2, 0) is 14.3 Å². The minimum Gasteiger partial charge on any atom is -0.481 e. The lowest BCUT2D eigenvalue weighted by Gasteiger charge is -2.38. The number of rotatable bonds is 9. The molecule has 0 aromatic rings. The summed E-state index contributed by atoms with van der Waals surface area (Å²) in [7, 11) is 1.68. The van der Waals surface area contributed by atoms with Crippen molar-refractivity contribution in [3.63, 3.8) is 0 Å². The van der Waals surface area contributed by atoms with E-state index >= 15 is 0 Å². The van der Waals surface area contributed by atoms with Crippen LogP contribution in [0.25, 0.3) is 0 Å². The summed E-state index contributed by atoms with van der Waals surface area (Å²) in [6.45, 7) is 4.90. The summed E-state index contributed by atoms with van der Waals surface area (Å²) in [5.74, 6) is -0.355. The highest BCUT2D eigenvalue weighted by molar-refractivity contribution is 5.67. The average Bonchev–Trinajstić information content (AvgIpc) is 2.18. The van der Waals surface area contributed by atoms with Crippen LogP contribution in [0.15, 0.2) is 0 Å². The summed E-state index contributed by atoms with van der Waals surface area (Å²) >= 11 is 0. The molecule has 0 aromatic heterocycles. The van der Waals surface area contributed by atoms with Gasteiger partial charge in [-0.15, -0.1) is 0 Å². The third-order valence-electron chi connectivity index (χ3n) is 2.69. The summed E-state index contributed by atoms with van der Waals surface area (Å²) < 4.78 is 10.3. The standard InChI is InChI=1S/C11H21NO4/c1-15-4-2-5-16-6-3-12-8-10(9-12)7-11(13)14/h10H,2-9H2,1H3,(H,13,14). The third kappa shape index (κ3) is 5.44. The van der Waals surface area contributed by atoms with Crippen LogP contribution >= 0.6 is 0 Å². The SMILES string of the molecule is COCCCOCCN1CC(CC(=O)O)C1. The largest absolute Gasteiger partial charge is 0.481 e. The molecule has 1 aliphatic heterocycles. The van der Waals surface area contributed by atoms with E-state index in [0.717, 1.165) is 45.9 Å². The van der Waals surface area contributed by atoms with E-state index < -0.39 is 5.97 Å². The van der Waals surface area contributed by atoms with Gasteiger partial charge >= 0.3 is 5.97 Å². The van der Waals surface area contributed by atoms with Crippen LogP contribution in [0.4, 0.5) is 0 Å². The lowest BCUT2D eigenvalue weighted by atomic mass is 9.97. The van der Waals surface area contributed by atoms with E-state index in [1.54, 1.807) is 7.11 Å². The molecule has 94 valence electrons. The van der Waals surface area contributed by atoms with E-state index in [1.165, 1.54) is 0 Å². The van der Waals surface area contributed by atoms with Crippen LogP contribution in [0.3, 0.4) is 0 Å². The lowest BCUT2D eigenvalue weighted by Crippen LogP contribution is -2.48. The van der Waals surface area contributed by atoms with Gasteiger partial charge in [0.15, 0.2) is 0 Å². The number of methoxy groups -OCH3 is 1. The van der Waals surface area contributed by atoms with Crippen LogP contribution in [0.1, 0.15) is 12.8 Å². The van der Waals surface area contributed by atoms with Crippen molar-refractivity contribution >= 4 is 5.97 Å². The molecular weight excluding hydrogens is 210 g/mol. The molecular formula is C11H21NO4. The summed E-state index contributed by atoms with van der Waals surface area (Å²) in [4.78, 5) is 12.6. The summed E-state index contributed by atoms with van der Waals surface area (Å²) in [6, 6.07) is 0. The maximum atomic E-state index is 10.4. The first-order valence-electron chi connectivity index (χ1n) is 5.73. The molecule has 1 saturated heterocycles. The monoisotopic (exact) mass is 231 g/mol. The van der Waals surface area contributed by atoms with Gasteiger partial charge in [0.2, 0.25) is 0 Å². The second-order valence-corrected chi connectivity index (χ2v) is 4.18. The van der Waals surface area contributed by atoms with E-state index in [0.29, 0.717) is 12.3 Å². The quantitative estimate of drug-likeness (QED) is 0.584. The van der Waals surface area contributed by atoms with Gasteiger partial charge in [-0.3, -0.25) is 4.79 Å². The molecule has 1 N–H and O–H groups in total. The van der Waals surface area contributed by atoms with Gasteiger partial charge in [-0.1, -0.05) is 0 Å². The Hall–Kier alpha value is -0.650. The molecule has 0 saturated carbocycles. The molecule has 0 bridgehead atoms. The van der Waals surface area contributed by atoms with Gasteiger partial charge in [-0.2, -0.15) is 0 Å². The molecule has 1 fully saturated rings. The first kappa shape index (κ1) is 13.4. The molecule has 1 aliphatic rings. The number of likely N-dealkylation sites (tertiary alicyclic amines) is 1. The van der Waals surface area contributed by atoms with Crippen molar-refractivity contribution in [1.29, 1.82) is 0 Å².